The first-order chi connectivity index (χ1) is 7.13. The Bertz CT molecular complexity index is 261. The molecule has 0 aliphatic rings. The molecule has 0 fully saturated rings. The van der Waals surface area contributed by atoms with E-state index in [4.69, 9.17) is 0 Å². The van der Waals surface area contributed by atoms with Gasteiger partial charge in [-0.2, -0.15) is 0 Å². The topological polar surface area (TPSA) is 58.2 Å². The third kappa shape index (κ3) is 6.95. The van der Waals surface area contributed by atoms with Crippen LogP contribution < -0.4 is 10.6 Å². The Hall–Kier alpha value is -0.420. The van der Waals surface area contributed by atoms with Crippen LogP contribution in [0.4, 0.5) is 0 Å². The Balaban J connectivity index is 4.02. The predicted molar refractivity (Wildman–Crippen MR) is 68.9 cm³/mol. The zero-order valence-electron chi connectivity index (χ0n) is 11.1. The molecule has 2 N–H and O–H groups in total. The molecule has 5 heteroatoms. The van der Waals surface area contributed by atoms with E-state index in [1.54, 1.807) is 6.26 Å². The summed E-state index contributed by atoms with van der Waals surface area (Å²) < 4.78 is 11.1. The van der Waals surface area contributed by atoms with Crippen molar-refractivity contribution in [1.82, 2.24) is 10.6 Å². The number of hydrogen-bond donors (Lipinski definition) is 2. The number of nitrogens with one attached hydrogen (secondary N) is 2. The fourth-order valence-electron chi connectivity index (χ4n) is 1.03. The third-order valence-electron chi connectivity index (χ3n) is 2.17. The molecule has 3 atom stereocenters. The van der Waals surface area contributed by atoms with Crippen LogP contribution >= 0.6 is 0 Å². The normalized spacial score (nSPS) is 17.6. The van der Waals surface area contributed by atoms with Gasteiger partial charge >= 0.3 is 0 Å². The predicted octanol–water partition coefficient (Wildman–Crippen LogP) is 0.646. The molecule has 0 aromatic heterocycles. The molecule has 1 amide bonds. The van der Waals surface area contributed by atoms with Crippen LogP contribution in [0, 0.1) is 0 Å². The van der Waals surface area contributed by atoms with E-state index in [2.05, 4.69) is 10.6 Å². The first-order valence-electron chi connectivity index (χ1n) is 5.51. The molecule has 0 saturated carbocycles. The van der Waals surface area contributed by atoms with E-state index in [-0.39, 0.29) is 22.7 Å². The van der Waals surface area contributed by atoms with Crippen molar-refractivity contribution in [3.63, 3.8) is 0 Å². The van der Waals surface area contributed by atoms with E-state index in [0.29, 0.717) is 6.54 Å². The Morgan fingerprint density at radius 3 is 2.19 bits per heavy atom. The average molecular weight is 248 g/mol. The molecule has 0 aromatic carbocycles. The van der Waals surface area contributed by atoms with Crippen LogP contribution in [0.1, 0.15) is 34.6 Å². The zero-order valence-corrected chi connectivity index (χ0v) is 11.9. The maximum absolute atomic E-state index is 11.7. The second kappa shape index (κ2) is 6.35. The molecule has 0 heterocycles. The van der Waals surface area contributed by atoms with Gasteiger partial charge in [-0.15, -0.1) is 0 Å². The highest BCUT2D eigenvalue weighted by atomic mass is 32.2. The van der Waals surface area contributed by atoms with Crippen molar-refractivity contribution in [1.29, 1.82) is 0 Å². The monoisotopic (exact) mass is 248 g/mol. The molecule has 0 aromatic rings. The van der Waals surface area contributed by atoms with Gasteiger partial charge in [0.15, 0.2) is 0 Å². The second-order valence-corrected chi connectivity index (χ2v) is 6.98. The molecule has 16 heavy (non-hydrogen) atoms. The standard InChI is InChI=1S/C11H24N2O2S/c1-8(16(6)15)7-12-9(2)10(14)13-11(3,4)5/h8-9,12H,7H2,1-6H3,(H,13,14). The minimum Gasteiger partial charge on any atom is -0.350 e. The van der Waals surface area contributed by atoms with Crippen LogP contribution in [0.2, 0.25) is 0 Å². The first-order valence-corrected chi connectivity index (χ1v) is 7.13. The molecule has 96 valence electrons. The van der Waals surface area contributed by atoms with Gasteiger partial charge in [-0.3, -0.25) is 9.00 Å². The first kappa shape index (κ1) is 15.6. The molecule has 0 aliphatic heterocycles. The number of amides is 1. The molecule has 4 nitrogen and oxygen atoms in total. The summed E-state index contributed by atoms with van der Waals surface area (Å²) in [6, 6.07) is -0.259. The van der Waals surface area contributed by atoms with E-state index in [0.717, 1.165) is 0 Å². The molecule has 0 radical (unpaired) electrons. The van der Waals surface area contributed by atoms with Gasteiger partial charge in [-0.25, -0.2) is 0 Å². The van der Waals surface area contributed by atoms with Crippen LogP contribution in [0.3, 0.4) is 0 Å². The van der Waals surface area contributed by atoms with Crippen molar-refractivity contribution in [3.8, 4) is 0 Å². The van der Waals surface area contributed by atoms with E-state index in [9.17, 15) is 9.00 Å². The number of hydrogen-bond acceptors (Lipinski definition) is 3. The summed E-state index contributed by atoms with van der Waals surface area (Å²) in [5.41, 5.74) is -0.216. The van der Waals surface area contributed by atoms with Gasteiger partial charge in [0.2, 0.25) is 5.91 Å². The highest BCUT2D eigenvalue weighted by Crippen LogP contribution is 1.99. The van der Waals surface area contributed by atoms with Crippen LogP contribution in [-0.4, -0.2) is 39.7 Å². The quantitative estimate of drug-likeness (QED) is 0.751. The Morgan fingerprint density at radius 1 is 1.31 bits per heavy atom. The van der Waals surface area contributed by atoms with Gasteiger partial charge < -0.3 is 10.6 Å². The van der Waals surface area contributed by atoms with E-state index in [1.165, 1.54) is 0 Å². The van der Waals surface area contributed by atoms with Crippen molar-refractivity contribution in [2.75, 3.05) is 12.8 Å². The molecule has 3 unspecified atom stereocenters. The summed E-state index contributed by atoms with van der Waals surface area (Å²) in [6.07, 6.45) is 1.67. The van der Waals surface area contributed by atoms with Gasteiger partial charge in [0.05, 0.1) is 6.04 Å². The maximum Gasteiger partial charge on any atom is 0.237 e. The number of carbonyl (C=O) groups excluding carboxylic acids is 1. The van der Waals surface area contributed by atoms with Gasteiger partial charge in [0.1, 0.15) is 0 Å². The molecule has 0 spiro atoms. The molecule has 0 bridgehead atoms. The largest absolute Gasteiger partial charge is 0.350 e. The summed E-state index contributed by atoms with van der Waals surface area (Å²) in [4.78, 5) is 11.7. The molecular formula is C11H24N2O2S. The minimum absolute atomic E-state index is 0.0263. The fourth-order valence-corrected chi connectivity index (χ4v) is 1.36. The lowest BCUT2D eigenvalue weighted by Gasteiger charge is -2.24. The summed E-state index contributed by atoms with van der Waals surface area (Å²) in [7, 11) is -0.853. The van der Waals surface area contributed by atoms with Crippen molar-refractivity contribution < 1.29 is 9.00 Å². The highest BCUT2D eigenvalue weighted by Gasteiger charge is 2.19. The SMILES string of the molecule is CC(NCC(C)S(C)=O)C(=O)NC(C)(C)C. The van der Waals surface area contributed by atoms with Crippen LogP contribution in [0.25, 0.3) is 0 Å². The Labute approximate surface area is 101 Å². The summed E-state index contributed by atoms with van der Waals surface area (Å²) in [6.45, 7) is 10.1. The van der Waals surface area contributed by atoms with Crippen molar-refractivity contribution in [2.45, 2.75) is 51.4 Å². The van der Waals surface area contributed by atoms with Crippen LogP contribution in [-0.2, 0) is 15.6 Å². The summed E-state index contributed by atoms with van der Waals surface area (Å²) >= 11 is 0. The fraction of sp³-hybridized carbons (Fsp3) is 0.909. The average Bonchev–Trinajstić information content (AvgIpc) is 2.10. The van der Waals surface area contributed by atoms with Gasteiger partial charge in [-0.1, -0.05) is 0 Å². The maximum atomic E-state index is 11.7. The molecule has 0 saturated heterocycles. The molecule has 0 rings (SSSR count). The smallest absolute Gasteiger partial charge is 0.237 e. The molecule has 0 aliphatic carbocycles. The Morgan fingerprint density at radius 2 is 1.81 bits per heavy atom. The summed E-state index contributed by atoms with van der Waals surface area (Å²) in [5.74, 6) is -0.0263. The second-order valence-electron chi connectivity index (χ2n) is 5.18. The lowest BCUT2D eigenvalue weighted by atomic mass is 10.1. The van der Waals surface area contributed by atoms with Gasteiger partial charge in [0, 0.05) is 34.4 Å². The number of rotatable bonds is 5. The Kier molecular flexibility index (Phi) is 6.18. The lowest BCUT2D eigenvalue weighted by Crippen LogP contribution is -2.50. The van der Waals surface area contributed by atoms with Crippen molar-refractivity contribution in [3.05, 3.63) is 0 Å². The van der Waals surface area contributed by atoms with Gasteiger partial charge in [0.25, 0.3) is 0 Å². The van der Waals surface area contributed by atoms with E-state index < -0.39 is 10.8 Å². The van der Waals surface area contributed by atoms with Crippen LogP contribution in [0.5, 0.6) is 0 Å². The zero-order chi connectivity index (χ0) is 12.9. The van der Waals surface area contributed by atoms with Crippen LogP contribution in [0.15, 0.2) is 0 Å². The third-order valence-corrected chi connectivity index (χ3v) is 3.47. The van der Waals surface area contributed by atoms with E-state index >= 15 is 0 Å². The minimum atomic E-state index is -0.853. The molecular weight excluding hydrogens is 224 g/mol. The lowest BCUT2D eigenvalue weighted by molar-refractivity contribution is -0.124. The van der Waals surface area contributed by atoms with Crippen molar-refractivity contribution in [2.24, 2.45) is 0 Å². The van der Waals surface area contributed by atoms with Crippen molar-refractivity contribution >= 4 is 16.7 Å². The number of carbonyl (C=O) groups is 1. The summed E-state index contributed by atoms with van der Waals surface area (Å²) in [5, 5.41) is 6.04. The van der Waals surface area contributed by atoms with Gasteiger partial charge in [-0.05, 0) is 34.6 Å². The van der Waals surface area contributed by atoms with E-state index in [1.807, 2.05) is 34.6 Å². The highest BCUT2D eigenvalue weighted by molar-refractivity contribution is 7.84.